The van der Waals surface area contributed by atoms with Gasteiger partial charge in [0.05, 0.1) is 6.54 Å². The first kappa shape index (κ1) is 45.5. The van der Waals surface area contributed by atoms with Gasteiger partial charge in [0, 0.05) is 18.0 Å². The summed E-state index contributed by atoms with van der Waals surface area (Å²) in [5.41, 5.74) is 18.4. The molecular formula is C38H52F3N9O7. The Morgan fingerprint density at radius 2 is 1.44 bits per heavy atom. The first-order chi connectivity index (χ1) is 27.0. The summed E-state index contributed by atoms with van der Waals surface area (Å²) in [6.07, 6.45) is -1.82. The minimum Gasteiger partial charge on any atom is -0.442 e. The van der Waals surface area contributed by atoms with Crippen LogP contribution in [0.2, 0.25) is 0 Å². The zero-order valence-electron chi connectivity index (χ0n) is 31.6. The number of halogens is 3. The van der Waals surface area contributed by atoms with E-state index in [1.165, 1.54) is 0 Å². The summed E-state index contributed by atoms with van der Waals surface area (Å²) in [6.45, 7) is -0.649. The van der Waals surface area contributed by atoms with Gasteiger partial charge in [0.1, 0.15) is 24.5 Å². The highest BCUT2D eigenvalue weighted by molar-refractivity contribution is 5.95. The number of carbonyl (C=O) groups excluding carboxylic acids is 5. The molecule has 57 heavy (non-hydrogen) atoms. The van der Waals surface area contributed by atoms with Crippen molar-refractivity contribution >= 4 is 41.6 Å². The van der Waals surface area contributed by atoms with Crippen molar-refractivity contribution in [2.24, 2.45) is 29.0 Å². The largest absolute Gasteiger partial charge is 0.493 e. The van der Waals surface area contributed by atoms with Crippen LogP contribution in [0.25, 0.3) is 0 Å². The van der Waals surface area contributed by atoms with E-state index in [4.69, 9.17) is 32.8 Å². The third kappa shape index (κ3) is 16.0. The van der Waals surface area contributed by atoms with Crippen LogP contribution in [0.3, 0.4) is 0 Å². The van der Waals surface area contributed by atoms with Crippen LogP contribution in [0.5, 0.6) is 0 Å². The van der Waals surface area contributed by atoms with E-state index in [9.17, 15) is 37.1 Å². The van der Waals surface area contributed by atoms with Gasteiger partial charge < -0.3 is 42.7 Å². The van der Waals surface area contributed by atoms with Crippen LogP contribution in [-0.2, 0) is 41.8 Å². The fraction of sp³-hybridized carbons (Fsp3) is 0.500. The number of hydroxylamine groups is 2. The van der Waals surface area contributed by atoms with E-state index in [0.29, 0.717) is 24.0 Å². The lowest BCUT2D eigenvalue weighted by atomic mass is 9.76. The second-order valence-corrected chi connectivity index (χ2v) is 13.8. The number of nitrogens with one attached hydrogen (secondary N) is 5. The molecule has 1 aliphatic rings. The second-order valence-electron chi connectivity index (χ2n) is 13.8. The highest BCUT2D eigenvalue weighted by Gasteiger charge is 2.43. The van der Waals surface area contributed by atoms with E-state index in [1.54, 1.807) is 54.6 Å². The number of amides is 4. The molecule has 3 rings (SSSR count). The molecule has 0 bridgehead atoms. The number of unbranched alkanes of at least 4 members (excludes halogenated alkanes) is 1. The van der Waals surface area contributed by atoms with Gasteiger partial charge in [0.2, 0.25) is 17.7 Å². The fourth-order valence-corrected chi connectivity index (χ4v) is 6.44. The van der Waals surface area contributed by atoms with Crippen molar-refractivity contribution in [3.63, 3.8) is 0 Å². The van der Waals surface area contributed by atoms with E-state index >= 15 is 0 Å². The quantitative estimate of drug-likeness (QED) is 0.0419. The van der Waals surface area contributed by atoms with E-state index in [2.05, 4.69) is 20.8 Å². The first-order valence-corrected chi connectivity index (χ1v) is 18.7. The molecule has 312 valence electrons. The average molecular weight is 804 g/mol. The predicted octanol–water partition coefficient (Wildman–Crippen LogP) is 3.26. The Hall–Kier alpha value is -5.88. The molecule has 4 amide bonds. The third-order valence-electron chi connectivity index (χ3n) is 9.49. The lowest BCUT2D eigenvalue weighted by Crippen LogP contribution is -2.54. The van der Waals surface area contributed by atoms with Crippen molar-refractivity contribution in [2.45, 2.75) is 95.5 Å². The van der Waals surface area contributed by atoms with Crippen LogP contribution in [-0.4, -0.2) is 78.0 Å². The number of rotatable bonds is 20. The molecule has 0 radical (unpaired) electrons. The van der Waals surface area contributed by atoms with Crippen LogP contribution >= 0.6 is 0 Å². The standard InChI is InChI=1S/C38H52F3N9O7/c39-38(40,41)35(54)57-50(37(55)56-23-25-10-3-1-4-11-25)21-8-7-14-30(34(53)48-29(32(44)51)15-9-20-47-36(45)46)49-33(52)28(26-12-5-2-6-13-26)22-24-16-18-27(19-17-24)31(42)43/h1,3-4,10-11,16-19,26,28-30H,2,5-9,12-15,20-23H2,(H3,42,43)(H2,44,51)(H,48,53)(H,49,52)(H4,45,46,47)/t28-,29-,30-/m0/s1. The summed E-state index contributed by atoms with van der Waals surface area (Å²) in [6, 6.07) is 12.8. The molecule has 0 heterocycles. The van der Waals surface area contributed by atoms with Gasteiger partial charge >= 0.3 is 18.2 Å². The third-order valence-corrected chi connectivity index (χ3v) is 9.49. The maximum absolute atomic E-state index is 14.2. The molecule has 2 aromatic rings. The number of carbonyl (C=O) groups is 5. The molecule has 0 aromatic heterocycles. The number of alkyl halides is 3. The minimum atomic E-state index is -5.41. The molecule has 0 spiro atoms. The summed E-state index contributed by atoms with van der Waals surface area (Å²) in [5, 5.41) is 23.2. The van der Waals surface area contributed by atoms with Crippen LogP contribution in [0.1, 0.15) is 80.9 Å². The normalized spacial score (nSPS) is 14.6. The zero-order chi connectivity index (χ0) is 42.0. The fourth-order valence-electron chi connectivity index (χ4n) is 6.44. The molecule has 11 N–H and O–H groups in total. The Kier molecular flexibility index (Phi) is 18.1. The number of hydrogen-bond donors (Lipinski definition) is 8. The van der Waals surface area contributed by atoms with E-state index in [-0.39, 0.29) is 61.6 Å². The van der Waals surface area contributed by atoms with Gasteiger partial charge in [-0.2, -0.15) is 13.2 Å². The monoisotopic (exact) mass is 803 g/mol. The van der Waals surface area contributed by atoms with Gasteiger partial charge in [-0.3, -0.25) is 25.2 Å². The van der Waals surface area contributed by atoms with Gasteiger partial charge in [-0.15, -0.1) is 5.06 Å². The number of amidine groups is 1. The number of guanidine groups is 1. The maximum atomic E-state index is 14.2. The molecular weight excluding hydrogens is 751 g/mol. The highest BCUT2D eigenvalue weighted by atomic mass is 19.4. The number of benzene rings is 2. The van der Waals surface area contributed by atoms with Gasteiger partial charge in [0.15, 0.2) is 5.96 Å². The first-order valence-electron chi connectivity index (χ1n) is 18.7. The van der Waals surface area contributed by atoms with Gasteiger partial charge in [-0.05, 0) is 68.4 Å². The van der Waals surface area contributed by atoms with Gasteiger partial charge in [0.25, 0.3) is 0 Å². The van der Waals surface area contributed by atoms with Gasteiger partial charge in [-0.1, -0.05) is 73.9 Å². The van der Waals surface area contributed by atoms with E-state index < -0.39 is 60.5 Å². The summed E-state index contributed by atoms with van der Waals surface area (Å²) < 4.78 is 44.4. The number of ether oxygens (including phenoxy) is 1. The maximum Gasteiger partial charge on any atom is 0.493 e. The lowest BCUT2D eigenvalue weighted by Gasteiger charge is -2.31. The zero-order valence-corrected chi connectivity index (χ0v) is 31.6. The summed E-state index contributed by atoms with van der Waals surface area (Å²) >= 11 is 0. The Morgan fingerprint density at radius 3 is 2.04 bits per heavy atom. The number of primary amides is 1. The molecule has 0 saturated heterocycles. The Balaban J connectivity index is 1.80. The molecule has 2 aromatic carbocycles. The predicted molar refractivity (Wildman–Crippen MR) is 203 cm³/mol. The Bertz CT molecular complexity index is 1670. The topological polar surface area (TPSA) is 269 Å². The highest BCUT2D eigenvalue weighted by Crippen LogP contribution is 2.32. The molecule has 16 nitrogen and oxygen atoms in total. The molecule has 3 atom stereocenters. The van der Waals surface area contributed by atoms with Crippen molar-refractivity contribution in [3.05, 3.63) is 71.3 Å². The number of hydrogen-bond acceptors (Lipinski definition) is 9. The Labute approximate surface area is 328 Å². The van der Waals surface area contributed by atoms with Crippen LogP contribution in [0.4, 0.5) is 18.0 Å². The second kappa shape index (κ2) is 22.6. The molecule has 1 saturated carbocycles. The summed E-state index contributed by atoms with van der Waals surface area (Å²) in [7, 11) is 0. The number of nitrogens with two attached hydrogens (primary N) is 3. The number of nitrogen functional groups attached to an aromatic ring is 1. The molecule has 1 fully saturated rings. The molecule has 0 aliphatic heterocycles. The minimum absolute atomic E-state index is 0.0131. The molecule has 19 heteroatoms. The Morgan fingerprint density at radius 1 is 0.807 bits per heavy atom. The van der Waals surface area contributed by atoms with Crippen LogP contribution < -0.4 is 33.2 Å². The summed E-state index contributed by atoms with van der Waals surface area (Å²) in [5.74, 6) is -5.62. The van der Waals surface area contributed by atoms with Crippen molar-refractivity contribution < 1.29 is 46.7 Å². The number of nitrogens with zero attached hydrogens (tertiary/aromatic N) is 1. The van der Waals surface area contributed by atoms with Crippen molar-refractivity contribution in [1.82, 2.24) is 21.0 Å². The molecule has 1 aliphatic carbocycles. The van der Waals surface area contributed by atoms with Crippen LogP contribution in [0, 0.1) is 22.7 Å². The molecule has 0 unspecified atom stereocenters. The lowest BCUT2D eigenvalue weighted by molar-refractivity contribution is -0.231. The van der Waals surface area contributed by atoms with Crippen molar-refractivity contribution in [3.8, 4) is 0 Å². The van der Waals surface area contributed by atoms with Crippen LogP contribution in [0.15, 0.2) is 54.6 Å². The smallest absolute Gasteiger partial charge is 0.442 e. The average Bonchev–Trinajstić information content (AvgIpc) is 3.17. The van der Waals surface area contributed by atoms with Crippen molar-refractivity contribution in [2.75, 3.05) is 13.1 Å². The van der Waals surface area contributed by atoms with Gasteiger partial charge in [-0.25, -0.2) is 9.59 Å². The van der Waals surface area contributed by atoms with E-state index in [1.807, 2.05) is 0 Å². The van der Waals surface area contributed by atoms with E-state index in [0.717, 1.165) is 37.7 Å². The SMILES string of the molecule is N=C(N)NCCC[C@H](NC(=O)[C@H](CCCCN(OC(=O)C(F)(F)F)C(=O)OCc1ccccc1)NC(=O)[C@@H](Cc1ccc(C(=N)N)cc1)C1CCCCC1)C(N)=O. The summed E-state index contributed by atoms with van der Waals surface area (Å²) in [4.78, 5) is 69.1. The van der Waals surface area contributed by atoms with Crippen molar-refractivity contribution in [1.29, 1.82) is 10.8 Å².